The second kappa shape index (κ2) is 7.91. The van der Waals surface area contributed by atoms with E-state index in [1.807, 2.05) is 35.0 Å². The third-order valence-electron chi connectivity index (χ3n) is 7.06. The number of piperazine rings is 1. The van der Waals surface area contributed by atoms with E-state index in [1.54, 1.807) is 0 Å². The molecular weight excluding hydrogens is 388 g/mol. The predicted molar refractivity (Wildman–Crippen MR) is 123 cm³/mol. The molecule has 1 atom stereocenters. The molecule has 5 rings (SSSR count). The summed E-state index contributed by atoms with van der Waals surface area (Å²) in [6, 6.07) is 14.0. The van der Waals surface area contributed by atoms with Gasteiger partial charge in [0, 0.05) is 51.0 Å². The summed E-state index contributed by atoms with van der Waals surface area (Å²) in [5.41, 5.74) is 4.79. The second-order valence-corrected chi connectivity index (χ2v) is 8.88. The molecule has 0 aromatic heterocycles. The van der Waals surface area contributed by atoms with Crippen LogP contribution in [-0.2, 0) is 0 Å². The van der Waals surface area contributed by atoms with E-state index < -0.39 is 0 Å². The number of hydrogen-bond acceptors (Lipinski definition) is 4. The van der Waals surface area contributed by atoms with Crippen LogP contribution in [0.2, 0.25) is 0 Å². The molecule has 3 aliphatic rings. The van der Waals surface area contributed by atoms with Crippen LogP contribution in [0.15, 0.2) is 42.5 Å². The van der Waals surface area contributed by atoms with E-state index in [-0.39, 0.29) is 18.0 Å². The number of para-hydroxylation sites is 1. The van der Waals surface area contributed by atoms with Crippen molar-refractivity contribution in [2.24, 2.45) is 0 Å². The van der Waals surface area contributed by atoms with Crippen LogP contribution in [0.3, 0.4) is 0 Å². The molecule has 2 aromatic carbocycles. The number of carbonyl (C=O) groups is 2. The van der Waals surface area contributed by atoms with Crippen molar-refractivity contribution in [3.05, 3.63) is 59.2 Å². The van der Waals surface area contributed by atoms with Crippen molar-refractivity contribution < 1.29 is 9.59 Å². The van der Waals surface area contributed by atoms with Gasteiger partial charge >= 0.3 is 0 Å². The van der Waals surface area contributed by atoms with Gasteiger partial charge in [0.25, 0.3) is 11.8 Å². The molecule has 6 nitrogen and oxygen atoms in total. The van der Waals surface area contributed by atoms with Gasteiger partial charge in [-0.05, 0) is 56.0 Å². The third-order valence-corrected chi connectivity index (χ3v) is 7.06. The van der Waals surface area contributed by atoms with E-state index in [2.05, 4.69) is 41.0 Å². The first-order valence-electron chi connectivity index (χ1n) is 11.3. The van der Waals surface area contributed by atoms with Crippen molar-refractivity contribution in [1.82, 2.24) is 9.80 Å². The van der Waals surface area contributed by atoms with E-state index in [9.17, 15) is 9.59 Å². The van der Waals surface area contributed by atoms with Gasteiger partial charge in [-0.2, -0.15) is 0 Å². The molecule has 162 valence electrons. The number of hydrogen-bond donors (Lipinski definition) is 0. The van der Waals surface area contributed by atoms with Gasteiger partial charge in [-0.1, -0.05) is 18.2 Å². The van der Waals surface area contributed by atoms with E-state index in [0.29, 0.717) is 24.2 Å². The van der Waals surface area contributed by atoms with Crippen molar-refractivity contribution in [3.8, 4) is 0 Å². The molecule has 6 heteroatoms. The number of aryl methyl sites for hydroxylation is 1. The van der Waals surface area contributed by atoms with Crippen LogP contribution in [-0.4, -0.2) is 67.6 Å². The van der Waals surface area contributed by atoms with Crippen LogP contribution in [0, 0.1) is 6.92 Å². The molecule has 0 aliphatic carbocycles. The zero-order valence-corrected chi connectivity index (χ0v) is 18.4. The Balaban J connectivity index is 1.33. The standard InChI is InChI=1S/C25H30N4O2/c1-18-7-3-4-8-21(18)27-13-15-28(16-14-27)24(30)19-10-11-20-22(17-19)26(2)23-9-5-6-12-29(23)25(20)31/h3-4,7-8,10-11,17,23H,5-6,9,12-16H2,1-2H3. The Hall–Kier alpha value is -3.02. The third kappa shape index (κ3) is 3.44. The fourth-order valence-corrected chi connectivity index (χ4v) is 5.26. The Kier molecular flexibility index (Phi) is 5.08. The number of rotatable bonds is 2. The largest absolute Gasteiger partial charge is 0.368 e. The molecule has 2 aromatic rings. The minimum atomic E-state index is 0.0548. The smallest absolute Gasteiger partial charge is 0.257 e. The number of fused-ring (bicyclic) bond motifs is 2. The van der Waals surface area contributed by atoms with E-state index in [4.69, 9.17) is 0 Å². The number of piperidine rings is 1. The molecular formula is C25H30N4O2. The van der Waals surface area contributed by atoms with Crippen LogP contribution in [0.4, 0.5) is 11.4 Å². The molecule has 0 saturated carbocycles. The fourth-order valence-electron chi connectivity index (χ4n) is 5.26. The first-order chi connectivity index (χ1) is 15.0. The van der Waals surface area contributed by atoms with Crippen LogP contribution >= 0.6 is 0 Å². The van der Waals surface area contributed by atoms with E-state index in [1.165, 1.54) is 11.3 Å². The lowest BCUT2D eigenvalue weighted by Crippen LogP contribution is -2.56. The summed E-state index contributed by atoms with van der Waals surface area (Å²) in [5, 5.41) is 0. The second-order valence-electron chi connectivity index (χ2n) is 8.88. The molecule has 1 unspecified atom stereocenters. The van der Waals surface area contributed by atoms with E-state index in [0.717, 1.165) is 44.6 Å². The topological polar surface area (TPSA) is 47.1 Å². The Bertz CT molecular complexity index is 1010. The number of nitrogens with zero attached hydrogens (tertiary/aromatic N) is 4. The van der Waals surface area contributed by atoms with Crippen LogP contribution in [0.25, 0.3) is 0 Å². The van der Waals surface area contributed by atoms with Gasteiger partial charge in [0.1, 0.15) is 6.17 Å². The van der Waals surface area contributed by atoms with Crippen molar-refractivity contribution in [3.63, 3.8) is 0 Å². The lowest BCUT2D eigenvalue weighted by atomic mass is 9.97. The lowest BCUT2D eigenvalue weighted by Gasteiger charge is -2.46. The fraction of sp³-hybridized carbons (Fsp3) is 0.440. The SMILES string of the molecule is Cc1ccccc1N1CCN(C(=O)c2ccc3c(c2)N(C)C2CCCCN2C3=O)CC1. The van der Waals surface area contributed by atoms with Crippen molar-refractivity contribution >= 4 is 23.2 Å². The molecule has 0 radical (unpaired) electrons. The van der Waals surface area contributed by atoms with Crippen molar-refractivity contribution in [2.45, 2.75) is 32.4 Å². The highest BCUT2D eigenvalue weighted by Crippen LogP contribution is 2.35. The summed E-state index contributed by atoms with van der Waals surface area (Å²) in [7, 11) is 2.05. The molecule has 2 fully saturated rings. The minimum Gasteiger partial charge on any atom is -0.368 e. The van der Waals surface area contributed by atoms with Gasteiger partial charge in [-0.3, -0.25) is 9.59 Å². The average molecular weight is 419 g/mol. The highest BCUT2D eigenvalue weighted by Gasteiger charge is 2.37. The van der Waals surface area contributed by atoms with Gasteiger partial charge in [-0.15, -0.1) is 0 Å². The first kappa shape index (κ1) is 19.9. The summed E-state index contributed by atoms with van der Waals surface area (Å²) in [6.07, 6.45) is 3.30. The van der Waals surface area contributed by atoms with Gasteiger partial charge in [0.05, 0.1) is 11.3 Å². The summed E-state index contributed by atoms with van der Waals surface area (Å²) in [5.74, 6) is 0.155. The highest BCUT2D eigenvalue weighted by molar-refractivity contribution is 6.04. The minimum absolute atomic E-state index is 0.0548. The maximum absolute atomic E-state index is 13.3. The summed E-state index contributed by atoms with van der Waals surface area (Å²) >= 11 is 0. The van der Waals surface area contributed by atoms with Crippen LogP contribution in [0.5, 0.6) is 0 Å². The Morgan fingerprint density at radius 2 is 1.71 bits per heavy atom. The summed E-state index contributed by atoms with van der Waals surface area (Å²) in [6.45, 7) is 6.02. The number of anilines is 2. The van der Waals surface area contributed by atoms with Crippen molar-refractivity contribution in [1.29, 1.82) is 0 Å². The number of benzene rings is 2. The molecule has 0 N–H and O–H groups in total. The van der Waals surface area contributed by atoms with Crippen molar-refractivity contribution in [2.75, 3.05) is 49.6 Å². The first-order valence-corrected chi connectivity index (χ1v) is 11.3. The number of carbonyl (C=O) groups excluding carboxylic acids is 2. The monoisotopic (exact) mass is 418 g/mol. The Morgan fingerprint density at radius 3 is 2.48 bits per heavy atom. The van der Waals surface area contributed by atoms with Gasteiger partial charge < -0.3 is 19.6 Å². The molecule has 2 saturated heterocycles. The van der Waals surface area contributed by atoms with Gasteiger partial charge in [-0.25, -0.2) is 0 Å². The molecule has 0 bridgehead atoms. The zero-order valence-electron chi connectivity index (χ0n) is 18.4. The molecule has 3 aliphatic heterocycles. The van der Waals surface area contributed by atoms with Crippen LogP contribution in [0.1, 0.15) is 45.5 Å². The Morgan fingerprint density at radius 1 is 0.935 bits per heavy atom. The molecule has 31 heavy (non-hydrogen) atoms. The Labute approximate surface area is 184 Å². The average Bonchev–Trinajstić information content (AvgIpc) is 2.82. The predicted octanol–water partition coefficient (Wildman–Crippen LogP) is 3.36. The maximum atomic E-state index is 13.3. The van der Waals surface area contributed by atoms with Gasteiger partial charge in [0.15, 0.2) is 0 Å². The summed E-state index contributed by atoms with van der Waals surface area (Å²) in [4.78, 5) is 34.7. The molecule has 0 spiro atoms. The zero-order chi connectivity index (χ0) is 21.5. The normalized spacial score (nSPS) is 21.1. The highest BCUT2D eigenvalue weighted by atomic mass is 16.2. The quantitative estimate of drug-likeness (QED) is 0.750. The molecule has 2 amide bonds. The van der Waals surface area contributed by atoms with E-state index >= 15 is 0 Å². The summed E-state index contributed by atoms with van der Waals surface area (Å²) < 4.78 is 0. The lowest BCUT2D eigenvalue weighted by molar-refractivity contribution is 0.0588. The number of amides is 2. The maximum Gasteiger partial charge on any atom is 0.257 e. The van der Waals surface area contributed by atoms with Crippen LogP contribution < -0.4 is 9.80 Å². The van der Waals surface area contributed by atoms with Gasteiger partial charge in [0.2, 0.25) is 0 Å². The molecule has 3 heterocycles.